The average molecular weight is 384 g/mol. The normalized spacial score (nSPS) is 15.3. The van der Waals surface area contributed by atoms with Crippen molar-refractivity contribution >= 4 is 40.1 Å². The van der Waals surface area contributed by atoms with E-state index in [1.807, 2.05) is 30.3 Å². The van der Waals surface area contributed by atoms with Crippen LogP contribution in [-0.4, -0.2) is 16.0 Å². The molecule has 1 heterocycles. The van der Waals surface area contributed by atoms with E-state index >= 15 is 0 Å². The van der Waals surface area contributed by atoms with E-state index in [0.717, 1.165) is 38.2 Å². The molecular formula is C21H22ClN3S. The number of aromatic nitrogens is 2. The molecule has 0 amide bonds. The van der Waals surface area contributed by atoms with E-state index in [9.17, 15) is 0 Å². The van der Waals surface area contributed by atoms with E-state index in [0.29, 0.717) is 6.04 Å². The third-order valence-corrected chi connectivity index (χ3v) is 6.11. The standard InChI is InChI=1S/C21H22ClN3S/c22-18-12-6-4-8-15(18)14-26-21-24-19-13-7-5-11-17(19)20(25-21)23-16-9-2-1-3-10-16/h4-8,11-13,16H,1-3,9-10,14H2,(H,23,24,25). The van der Waals surface area contributed by atoms with E-state index in [-0.39, 0.29) is 0 Å². The molecule has 0 atom stereocenters. The van der Waals surface area contributed by atoms with Crippen molar-refractivity contribution in [3.63, 3.8) is 0 Å². The van der Waals surface area contributed by atoms with Crippen LogP contribution >= 0.6 is 23.4 Å². The zero-order chi connectivity index (χ0) is 17.8. The van der Waals surface area contributed by atoms with Crippen molar-refractivity contribution < 1.29 is 0 Å². The minimum atomic E-state index is 0.517. The highest BCUT2D eigenvalue weighted by Gasteiger charge is 2.16. The van der Waals surface area contributed by atoms with Crippen LogP contribution in [0.3, 0.4) is 0 Å². The Morgan fingerprint density at radius 2 is 1.73 bits per heavy atom. The number of nitrogens with zero attached hydrogens (tertiary/aromatic N) is 2. The molecule has 0 spiro atoms. The van der Waals surface area contributed by atoms with Crippen LogP contribution in [-0.2, 0) is 5.75 Å². The Labute approximate surface area is 163 Å². The molecule has 134 valence electrons. The molecule has 0 saturated heterocycles. The van der Waals surface area contributed by atoms with Gasteiger partial charge in [0.05, 0.1) is 5.52 Å². The first-order valence-corrected chi connectivity index (χ1v) is 10.6. The van der Waals surface area contributed by atoms with Crippen LogP contribution in [0.25, 0.3) is 10.9 Å². The number of anilines is 1. The fourth-order valence-corrected chi connectivity index (χ4v) is 4.56. The molecule has 0 aliphatic heterocycles. The van der Waals surface area contributed by atoms with Gasteiger partial charge in [-0.2, -0.15) is 0 Å². The highest BCUT2D eigenvalue weighted by molar-refractivity contribution is 7.98. The number of benzene rings is 2. The summed E-state index contributed by atoms with van der Waals surface area (Å²) in [6.45, 7) is 0. The topological polar surface area (TPSA) is 37.8 Å². The zero-order valence-corrected chi connectivity index (χ0v) is 16.2. The van der Waals surface area contributed by atoms with Crippen molar-refractivity contribution in [2.45, 2.75) is 49.1 Å². The molecule has 5 heteroatoms. The predicted octanol–water partition coefficient (Wildman–Crippen LogP) is 6.32. The van der Waals surface area contributed by atoms with Crippen molar-refractivity contribution in [2.75, 3.05) is 5.32 Å². The summed E-state index contributed by atoms with van der Waals surface area (Å²) in [5.74, 6) is 1.73. The third kappa shape index (κ3) is 4.13. The van der Waals surface area contributed by atoms with Crippen LogP contribution in [0, 0.1) is 0 Å². The van der Waals surface area contributed by atoms with Gasteiger partial charge in [0.25, 0.3) is 0 Å². The second-order valence-corrected chi connectivity index (χ2v) is 8.08. The number of fused-ring (bicyclic) bond motifs is 1. The molecule has 2 aromatic carbocycles. The molecule has 1 aliphatic carbocycles. The van der Waals surface area contributed by atoms with Gasteiger partial charge in [-0.15, -0.1) is 0 Å². The van der Waals surface area contributed by atoms with Gasteiger partial charge in [0.2, 0.25) is 0 Å². The molecule has 1 saturated carbocycles. The van der Waals surface area contributed by atoms with Gasteiger partial charge in [0, 0.05) is 22.2 Å². The maximum absolute atomic E-state index is 6.28. The van der Waals surface area contributed by atoms with E-state index in [4.69, 9.17) is 21.6 Å². The Morgan fingerprint density at radius 3 is 2.58 bits per heavy atom. The first kappa shape index (κ1) is 17.6. The summed E-state index contributed by atoms with van der Waals surface area (Å²) >= 11 is 7.91. The highest BCUT2D eigenvalue weighted by atomic mass is 35.5. The van der Waals surface area contributed by atoms with Gasteiger partial charge in [-0.25, -0.2) is 9.97 Å². The maximum atomic E-state index is 6.28. The van der Waals surface area contributed by atoms with Crippen LogP contribution in [0.15, 0.2) is 53.7 Å². The van der Waals surface area contributed by atoms with Crippen molar-refractivity contribution in [2.24, 2.45) is 0 Å². The summed E-state index contributed by atoms with van der Waals surface area (Å²) in [5.41, 5.74) is 2.10. The molecule has 0 unspecified atom stereocenters. The molecule has 1 fully saturated rings. The molecular weight excluding hydrogens is 362 g/mol. The van der Waals surface area contributed by atoms with Crippen LogP contribution in [0.5, 0.6) is 0 Å². The van der Waals surface area contributed by atoms with Crippen molar-refractivity contribution in [3.8, 4) is 0 Å². The zero-order valence-electron chi connectivity index (χ0n) is 14.6. The Hall–Kier alpha value is -1.78. The monoisotopic (exact) mass is 383 g/mol. The largest absolute Gasteiger partial charge is 0.367 e. The van der Waals surface area contributed by atoms with Crippen molar-refractivity contribution in [1.29, 1.82) is 0 Å². The Morgan fingerprint density at radius 1 is 0.962 bits per heavy atom. The average Bonchev–Trinajstić information content (AvgIpc) is 2.68. The lowest BCUT2D eigenvalue weighted by Crippen LogP contribution is -2.23. The predicted molar refractivity (Wildman–Crippen MR) is 111 cm³/mol. The third-order valence-electron chi connectivity index (χ3n) is 4.84. The van der Waals surface area contributed by atoms with Crippen molar-refractivity contribution in [1.82, 2.24) is 9.97 Å². The molecule has 1 aromatic heterocycles. The Balaban J connectivity index is 1.59. The fraction of sp³-hybridized carbons (Fsp3) is 0.333. The summed E-state index contributed by atoms with van der Waals surface area (Å²) in [5, 5.41) is 6.37. The maximum Gasteiger partial charge on any atom is 0.190 e. The van der Waals surface area contributed by atoms with Crippen LogP contribution < -0.4 is 5.32 Å². The quantitative estimate of drug-likeness (QED) is 0.413. The van der Waals surface area contributed by atoms with Gasteiger partial charge in [0.15, 0.2) is 5.16 Å². The molecule has 4 rings (SSSR count). The number of thioether (sulfide) groups is 1. The SMILES string of the molecule is Clc1ccccc1CSc1nc(NC2CCCCC2)c2ccccc2n1. The van der Waals surface area contributed by atoms with Crippen LogP contribution in [0.4, 0.5) is 5.82 Å². The van der Waals surface area contributed by atoms with E-state index in [1.54, 1.807) is 11.8 Å². The highest BCUT2D eigenvalue weighted by Crippen LogP contribution is 2.30. The van der Waals surface area contributed by atoms with Crippen molar-refractivity contribution in [3.05, 3.63) is 59.1 Å². The molecule has 0 bridgehead atoms. The molecule has 3 aromatic rings. The summed E-state index contributed by atoms with van der Waals surface area (Å²) in [7, 11) is 0. The second-order valence-electron chi connectivity index (χ2n) is 6.73. The summed E-state index contributed by atoms with van der Waals surface area (Å²) in [6, 6.07) is 16.7. The van der Waals surface area contributed by atoms with E-state index in [1.165, 1.54) is 32.1 Å². The number of para-hydroxylation sites is 1. The first-order chi connectivity index (χ1) is 12.8. The summed E-state index contributed by atoms with van der Waals surface area (Å²) in [6.07, 6.45) is 6.39. The Bertz CT molecular complexity index is 893. The smallest absolute Gasteiger partial charge is 0.190 e. The summed E-state index contributed by atoms with van der Waals surface area (Å²) < 4.78 is 0. The van der Waals surface area contributed by atoms with Gasteiger partial charge >= 0.3 is 0 Å². The van der Waals surface area contributed by atoms with Gasteiger partial charge in [-0.05, 0) is 36.6 Å². The van der Waals surface area contributed by atoms with Gasteiger partial charge in [-0.3, -0.25) is 0 Å². The molecule has 0 radical (unpaired) electrons. The Kier molecular flexibility index (Phi) is 5.61. The number of hydrogen-bond acceptors (Lipinski definition) is 4. The first-order valence-electron chi connectivity index (χ1n) is 9.19. The number of nitrogens with one attached hydrogen (secondary N) is 1. The fourth-order valence-electron chi connectivity index (χ4n) is 3.43. The van der Waals surface area contributed by atoms with Crippen LogP contribution in [0.1, 0.15) is 37.7 Å². The lowest BCUT2D eigenvalue weighted by Gasteiger charge is -2.24. The molecule has 1 N–H and O–H groups in total. The number of hydrogen-bond donors (Lipinski definition) is 1. The van der Waals surface area contributed by atoms with Gasteiger partial charge in [-0.1, -0.05) is 73.0 Å². The lowest BCUT2D eigenvalue weighted by atomic mass is 9.95. The van der Waals surface area contributed by atoms with E-state index < -0.39 is 0 Å². The van der Waals surface area contributed by atoms with Gasteiger partial charge in [0.1, 0.15) is 5.82 Å². The molecule has 26 heavy (non-hydrogen) atoms. The second kappa shape index (κ2) is 8.28. The van der Waals surface area contributed by atoms with E-state index in [2.05, 4.69) is 23.5 Å². The van der Waals surface area contributed by atoms with Gasteiger partial charge < -0.3 is 5.32 Å². The summed E-state index contributed by atoms with van der Waals surface area (Å²) in [4.78, 5) is 9.58. The van der Waals surface area contributed by atoms with Crippen LogP contribution in [0.2, 0.25) is 5.02 Å². The minimum Gasteiger partial charge on any atom is -0.367 e. The number of halogens is 1. The minimum absolute atomic E-state index is 0.517. The lowest BCUT2D eigenvalue weighted by molar-refractivity contribution is 0.462. The molecule has 1 aliphatic rings. The number of rotatable bonds is 5. The molecule has 3 nitrogen and oxygen atoms in total.